The van der Waals surface area contributed by atoms with Crippen LogP contribution >= 0.6 is 0 Å². The van der Waals surface area contributed by atoms with E-state index < -0.39 is 8.32 Å². The lowest BCUT2D eigenvalue weighted by Gasteiger charge is -2.36. The molecule has 13 nitrogen and oxygen atoms in total. The van der Waals surface area contributed by atoms with E-state index in [0.717, 1.165) is 5.56 Å². The van der Waals surface area contributed by atoms with Crippen molar-refractivity contribution < 1.29 is 23.5 Å². The van der Waals surface area contributed by atoms with Gasteiger partial charge in [-0.1, -0.05) is 32.9 Å². The molecule has 1 N–H and O–H groups in total. The Bertz CT molecular complexity index is 1640. The van der Waals surface area contributed by atoms with E-state index in [2.05, 4.69) is 59.7 Å². The number of fused-ring (bicyclic) bond motifs is 1. The van der Waals surface area contributed by atoms with Crippen LogP contribution in [0.3, 0.4) is 0 Å². The minimum Gasteiger partial charge on any atom is -0.491 e. The average molecular weight is 607 g/mol. The maximum atomic E-state index is 13.4. The number of amides is 2. The van der Waals surface area contributed by atoms with E-state index in [0.29, 0.717) is 60.2 Å². The lowest BCUT2D eigenvalue weighted by Crippen LogP contribution is -2.51. The smallest absolute Gasteiger partial charge is 0.409 e. The van der Waals surface area contributed by atoms with Crippen LogP contribution in [0.15, 0.2) is 42.7 Å². The van der Waals surface area contributed by atoms with E-state index in [9.17, 15) is 9.59 Å². The lowest BCUT2D eigenvalue weighted by molar-refractivity contribution is 0.0621. The molecule has 0 atom stereocenters. The Morgan fingerprint density at radius 2 is 1.88 bits per heavy atom. The maximum absolute atomic E-state index is 13.4. The average Bonchev–Trinajstić information content (AvgIpc) is 3.58. The van der Waals surface area contributed by atoms with Gasteiger partial charge in [0, 0.05) is 23.5 Å². The van der Waals surface area contributed by atoms with Crippen LogP contribution in [0.2, 0.25) is 18.1 Å². The van der Waals surface area contributed by atoms with E-state index >= 15 is 0 Å². The number of tetrazole rings is 1. The van der Waals surface area contributed by atoms with Gasteiger partial charge in [-0.05, 0) is 48.0 Å². The summed E-state index contributed by atoms with van der Waals surface area (Å²) in [5, 5.41) is 20.3. The molecule has 2 amide bonds. The summed E-state index contributed by atoms with van der Waals surface area (Å²) in [4.78, 5) is 28.1. The molecule has 4 aromatic rings. The van der Waals surface area contributed by atoms with E-state index in [1.54, 1.807) is 15.6 Å². The molecule has 0 saturated carbocycles. The van der Waals surface area contributed by atoms with Crippen LogP contribution in [0, 0.1) is 6.92 Å². The molecule has 228 valence electrons. The summed E-state index contributed by atoms with van der Waals surface area (Å²) in [6.07, 6.45) is 2.93. The molecular formula is C29H38N8O5Si. The number of nitrogens with one attached hydrogen (secondary N) is 1. The van der Waals surface area contributed by atoms with Gasteiger partial charge in [-0.3, -0.25) is 4.79 Å². The molecule has 1 aliphatic heterocycles. The largest absolute Gasteiger partial charge is 0.491 e. The SMILES string of the molecule is COC(=O)N1CC(n2nnc(-c3ccc(C)c(NC(=O)c4cnn5ccc(OCCO[Si](C)(C)C(C)(C)C)cc45)c3)n2)C1. The van der Waals surface area contributed by atoms with Crippen molar-refractivity contribution in [3.05, 3.63) is 53.9 Å². The second kappa shape index (κ2) is 11.8. The van der Waals surface area contributed by atoms with Crippen LogP contribution in [-0.2, 0) is 9.16 Å². The first kappa shape index (κ1) is 30.2. The molecule has 3 aromatic heterocycles. The summed E-state index contributed by atoms with van der Waals surface area (Å²) in [6, 6.07) is 9.14. The fourth-order valence-corrected chi connectivity index (χ4v) is 5.39. The number of hydrogen-bond acceptors (Lipinski definition) is 9. The van der Waals surface area contributed by atoms with Gasteiger partial charge >= 0.3 is 6.09 Å². The number of benzene rings is 1. The van der Waals surface area contributed by atoms with Gasteiger partial charge in [-0.25, -0.2) is 9.31 Å². The highest BCUT2D eigenvalue weighted by Crippen LogP contribution is 2.36. The molecule has 14 heteroatoms. The normalized spacial score (nSPS) is 14.1. The Balaban J connectivity index is 1.25. The van der Waals surface area contributed by atoms with Crippen LogP contribution in [0.25, 0.3) is 16.9 Å². The van der Waals surface area contributed by atoms with Crippen molar-refractivity contribution in [1.29, 1.82) is 0 Å². The maximum Gasteiger partial charge on any atom is 0.409 e. The molecule has 4 heterocycles. The quantitative estimate of drug-likeness (QED) is 0.214. The zero-order valence-electron chi connectivity index (χ0n) is 25.6. The van der Waals surface area contributed by atoms with Crippen LogP contribution < -0.4 is 10.1 Å². The lowest BCUT2D eigenvalue weighted by atomic mass is 10.1. The first-order chi connectivity index (χ1) is 20.4. The number of pyridine rings is 1. The topological polar surface area (TPSA) is 138 Å². The van der Waals surface area contributed by atoms with Crippen molar-refractivity contribution in [3.8, 4) is 17.1 Å². The van der Waals surface area contributed by atoms with E-state index in [-0.39, 0.29) is 23.1 Å². The zero-order valence-corrected chi connectivity index (χ0v) is 26.6. The highest BCUT2D eigenvalue weighted by Gasteiger charge is 2.37. The number of rotatable bonds is 9. The molecule has 1 aromatic carbocycles. The molecule has 1 aliphatic rings. The first-order valence-electron chi connectivity index (χ1n) is 14.2. The van der Waals surface area contributed by atoms with E-state index in [1.807, 2.05) is 37.3 Å². The third kappa shape index (κ3) is 6.39. The van der Waals surface area contributed by atoms with Crippen molar-refractivity contribution in [2.45, 2.75) is 51.9 Å². The van der Waals surface area contributed by atoms with Gasteiger partial charge in [-0.15, -0.1) is 10.2 Å². The Morgan fingerprint density at radius 1 is 1.12 bits per heavy atom. The predicted molar refractivity (Wildman–Crippen MR) is 163 cm³/mol. The summed E-state index contributed by atoms with van der Waals surface area (Å²) >= 11 is 0. The molecule has 0 bridgehead atoms. The number of carbonyl (C=O) groups is 2. The Labute approximate surface area is 251 Å². The number of nitrogens with zero attached hydrogens (tertiary/aromatic N) is 7. The number of hydrogen-bond donors (Lipinski definition) is 1. The molecule has 1 saturated heterocycles. The molecule has 5 rings (SSSR count). The highest BCUT2D eigenvalue weighted by atomic mass is 28.4. The van der Waals surface area contributed by atoms with Crippen molar-refractivity contribution in [1.82, 2.24) is 34.7 Å². The number of anilines is 1. The molecule has 0 spiro atoms. The summed E-state index contributed by atoms with van der Waals surface area (Å²) in [7, 11) is -0.503. The van der Waals surface area contributed by atoms with Crippen LogP contribution in [-0.4, -0.2) is 88.5 Å². The van der Waals surface area contributed by atoms with Crippen LogP contribution in [0.1, 0.15) is 42.7 Å². The van der Waals surface area contributed by atoms with Crippen molar-refractivity contribution in [2.24, 2.45) is 0 Å². The summed E-state index contributed by atoms with van der Waals surface area (Å²) in [5.41, 5.74) is 3.23. The Morgan fingerprint density at radius 3 is 2.60 bits per heavy atom. The number of methoxy groups -OCH3 is 1. The molecule has 1 fully saturated rings. The highest BCUT2D eigenvalue weighted by molar-refractivity contribution is 6.74. The van der Waals surface area contributed by atoms with E-state index in [1.165, 1.54) is 18.1 Å². The molecule has 0 unspecified atom stereocenters. The Hall–Kier alpha value is -4.30. The number of carbonyl (C=O) groups excluding carboxylic acids is 2. The van der Waals surface area contributed by atoms with Gasteiger partial charge in [0.25, 0.3) is 5.91 Å². The van der Waals surface area contributed by atoms with Crippen LogP contribution in [0.5, 0.6) is 5.75 Å². The second-order valence-electron chi connectivity index (χ2n) is 12.2. The van der Waals surface area contributed by atoms with Gasteiger partial charge < -0.3 is 24.1 Å². The first-order valence-corrected chi connectivity index (χ1v) is 17.1. The molecule has 0 aliphatic carbocycles. The molecule has 0 radical (unpaired) electrons. The fraction of sp³-hybridized carbons (Fsp3) is 0.448. The minimum absolute atomic E-state index is 0.0702. The van der Waals surface area contributed by atoms with Crippen molar-refractivity contribution >= 4 is 31.5 Å². The third-order valence-corrected chi connectivity index (χ3v) is 12.7. The number of likely N-dealkylation sites (tertiary alicyclic amines) is 1. The molecular weight excluding hydrogens is 568 g/mol. The Kier molecular flexibility index (Phi) is 8.25. The third-order valence-electron chi connectivity index (χ3n) is 8.15. The van der Waals surface area contributed by atoms with Gasteiger partial charge in [0.1, 0.15) is 18.4 Å². The fourth-order valence-electron chi connectivity index (χ4n) is 4.36. The summed E-state index contributed by atoms with van der Waals surface area (Å²) in [5.74, 6) is 0.749. The minimum atomic E-state index is -1.86. The standard InChI is InChI=1S/C29H38N8O5Si/c1-19-8-9-20(26-32-34-37(33-26)21-17-35(18-21)28(39)40-5)14-24(19)31-27(38)23-16-30-36-11-10-22(15-25(23)36)41-12-13-42-43(6,7)29(2,3)4/h8-11,14-16,21H,12-13,17-18H2,1-7H3,(H,31,38). The van der Waals surface area contributed by atoms with Crippen molar-refractivity contribution in [3.63, 3.8) is 0 Å². The number of ether oxygens (including phenoxy) is 2. The summed E-state index contributed by atoms with van der Waals surface area (Å²) < 4.78 is 18.5. The summed E-state index contributed by atoms with van der Waals surface area (Å²) in [6.45, 7) is 14.8. The van der Waals surface area contributed by atoms with Gasteiger partial charge in [0.15, 0.2) is 8.32 Å². The monoisotopic (exact) mass is 606 g/mol. The predicted octanol–water partition coefficient (Wildman–Crippen LogP) is 4.57. The number of aromatic nitrogens is 6. The van der Waals surface area contributed by atoms with Gasteiger partial charge in [-0.2, -0.15) is 9.90 Å². The van der Waals surface area contributed by atoms with Gasteiger partial charge in [0.2, 0.25) is 5.82 Å². The number of aryl methyl sites for hydroxylation is 1. The van der Waals surface area contributed by atoms with Crippen molar-refractivity contribution in [2.75, 3.05) is 38.7 Å². The second-order valence-corrected chi connectivity index (χ2v) is 17.0. The van der Waals surface area contributed by atoms with Gasteiger partial charge in [0.05, 0.1) is 44.1 Å². The molecule has 43 heavy (non-hydrogen) atoms. The zero-order chi connectivity index (χ0) is 30.9. The van der Waals surface area contributed by atoms with E-state index in [4.69, 9.17) is 13.9 Å². The van der Waals surface area contributed by atoms with Crippen LogP contribution in [0.4, 0.5) is 10.5 Å².